The number of hydrogen-bond acceptors (Lipinski definition) is 4. The van der Waals surface area contributed by atoms with Gasteiger partial charge in [0.2, 0.25) is 0 Å². The Hall–Kier alpha value is -2.86. The molecule has 0 aromatic heterocycles. The largest absolute Gasteiger partial charge is 0.360 e. The fourth-order valence-electron chi connectivity index (χ4n) is 4.69. The third-order valence-electron chi connectivity index (χ3n) is 5.87. The van der Waals surface area contributed by atoms with Crippen LogP contribution in [0.4, 0.5) is 14.9 Å². The minimum atomic E-state index is -0.426. The third kappa shape index (κ3) is 3.99. The minimum Gasteiger partial charge on any atom is -0.360 e. The van der Waals surface area contributed by atoms with Gasteiger partial charge < -0.3 is 4.90 Å². The second-order valence-corrected chi connectivity index (χ2v) is 10.1. The summed E-state index contributed by atoms with van der Waals surface area (Å²) in [4.78, 5) is 29.2. The molecule has 0 bridgehead atoms. The maximum Gasteiger partial charge on any atom is 0.293 e. The third-order valence-corrected chi connectivity index (χ3v) is 6.78. The smallest absolute Gasteiger partial charge is 0.293 e. The number of hydrogen-bond donors (Lipinski definition) is 0. The number of carbonyl (C=O) groups is 2. The monoisotopic (exact) mass is 450 g/mol. The van der Waals surface area contributed by atoms with Gasteiger partial charge in [0.1, 0.15) is 5.82 Å². The van der Waals surface area contributed by atoms with Crippen LogP contribution in [0.2, 0.25) is 0 Å². The fraction of sp³-hybridized carbons (Fsp3) is 0.308. The van der Waals surface area contributed by atoms with Gasteiger partial charge in [0, 0.05) is 22.9 Å². The molecule has 0 saturated carbocycles. The van der Waals surface area contributed by atoms with E-state index < -0.39 is 11.7 Å². The van der Waals surface area contributed by atoms with Gasteiger partial charge in [-0.3, -0.25) is 14.5 Å². The van der Waals surface area contributed by atoms with Crippen molar-refractivity contribution in [1.29, 1.82) is 0 Å². The first-order chi connectivity index (χ1) is 15.1. The van der Waals surface area contributed by atoms with Gasteiger partial charge in [0.05, 0.1) is 17.0 Å². The van der Waals surface area contributed by atoms with E-state index in [0.717, 1.165) is 33.5 Å². The second kappa shape index (κ2) is 8.24. The van der Waals surface area contributed by atoms with E-state index in [-0.39, 0.29) is 17.3 Å². The first-order valence-electron chi connectivity index (χ1n) is 10.7. The van der Waals surface area contributed by atoms with E-state index in [1.807, 2.05) is 6.07 Å². The van der Waals surface area contributed by atoms with Crippen LogP contribution in [0.5, 0.6) is 0 Å². The standard InChI is InChI=1S/C26H27FN2O2S/c1-16(2)29-22-11-10-18(12-20(22)17(3)14-26(29,4)5)13-23-24(30)28(25(31)32-23)15-19-8-6-7-9-21(19)27/h6-14,16H,15H2,1-5H3/b23-13-. The molecule has 6 heteroatoms. The summed E-state index contributed by atoms with van der Waals surface area (Å²) in [5, 5.41) is -0.383. The van der Waals surface area contributed by atoms with Crippen molar-refractivity contribution in [3.05, 3.63) is 76.0 Å². The second-order valence-electron chi connectivity index (χ2n) is 9.08. The van der Waals surface area contributed by atoms with Crippen molar-refractivity contribution in [2.75, 3.05) is 4.90 Å². The number of rotatable bonds is 4. The van der Waals surface area contributed by atoms with Crippen molar-refractivity contribution in [1.82, 2.24) is 4.90 Å². The van der Waals surface area contributed by atoms with E-state index in [1.54, 1.807) is 24.3 Å². The molecule has 2 heterocycles. The Morgan fingerprint density at radius 1 is 1.12 bits per heavy atom. The highest BCUT2D eigenvalue weighted by atomic mass is 32.2. The van der Waals surface area contributed by atoms with Crippen LogP contribution in [0.15, 0.2) is 53.4 Å². The Morgan fingerprint density at radius 3 is 2.53 bits per heavy atom. The van der Waals surface area contributed by atoms with Gasteiger partial charge in [-0.1, -0.05) is 30.3 Å². The lowest BCUT2D eigenvalue weighted by atomic mass is 9.87. The van der Waals surface area contributed by atoms with Crippen molar-refractivity contribution in [2.24, 2.45) is 0 Å². The molecule has 2 aromatic carbocycles. The van der Waals surface area contributed by atoms with Crippen LogP contribution in [0.3, 0.4) is 0 Å². The van der Waals surface area contributed by atoms with E-state index >= 15 is 0 Å². The summed E-state index contributed by atoms with van der Waals surface area (Å²) in [6, 6.07) is 12.7. The quantitative estimate of drug-likeness (QED) is 0.501. The van der Waals surface area contributed by atoms with E-state index in [1.165, 1.54) is 11.6 Å². The summed E-state index contributed by atoms with van der Waals surface area (Å²) in [5.74, 6) is -0.816. The highest BCUT2D eigenvalue weighted by Crippen LogP contribution is 2.41. The van der Waals surface area contributed by atoms with Gasteiger partial charge in [-0.2, -0.15) is 0 Å². The number of carbonyl (C=O) groups excluding carboxylic acids is 2. The average molecular weight is 451 g/mol. The molecule has 0 radical (unpaired) electrons. The van der Waals surface area contributed by atoms with E-state index in [2.05, 4.69) is 57.7 Å². The van der Waals surface area contributed by atoms with Crippen LogP contribution in [0.25, 0.3) is 11.6 Å². The molecule has 0 N–H and O–H groups in total. The molecule has 0 atom stereocenters. The summed E-state index contributed by atoms with van der Waals surface area (Å²) < 4.78 is 14.0. The molecule has 32 heavy (non-hydrogen) atoms. The molecule has 0 unspecified atom stereocenters. The Kier molecular flexibility index (Phi) is 5.76. The van der Waals surface area contributed by atoms with Crippen molar-refractivity contribution < 1.29 is 14.0 Å². The number of allylic oxidation sites excluding steroid dienone is 1. The highest BCUT2D eigenvalue weighted by Gasteiger charge is 2.36. The first-order valence-corrected chi connectivity index (χ1v) is 11.5. The topological polar surface area (TPSA) is 40.6 Å². The zero-order valence-electron chi connectivity index (χ0n) is 19.0. The lowest BCUT2D eigenvalue weighted by Gasteiger charge is -2.46. The SMILES string of the molecule is CC1=CC(C)(C)N(C(C)C)c2ccc(/C=C3\SC(=O)N(Cc4ccccc4F)C3=O)cc21. The molecule has 2 aliphatic heterocycles. The van der Waals surface area contributed by atoms with Crippen molar-refractivity contribution in [2.45, 2.75) is 52.7 Å². The number of fused-ring (bicyclic) bond motifs is 1. The zero-order chi connectivity index (χ0) is 23.2. The summed E-state index contributed by atoms with van der Waals surface area (Å²) in [6.45, 7) is 10.8. The number of halogens is 1. The molecule has 2 aromatic rings. The van der Waals surface area contributed by atoms with Crippen LogP contribution in [0.1, 0.15) is 51.3 Å². The Morgan fingerprint density at radius 2 is 1.84 bits per heavy atom. The maximum atomic E-state index is 14.0. The predicted octanol–water partition coefficient (Wildman–Crippen LogP) is 6.47. The lowest BCUT2D eigenvalue weighted by Crippen LogP contribution is -2.49. The van der Waals surface area contributed by atoms with Crippen molar-refractivity contribution in [3.63, 3.8) is 0 Å². The van der Waals surface area contributed by atoms with Crippen LogP contribution in [0, 0.1) is 5.82 Å². The number of anilines is 1. The van der Waals surface area contributed by atoms with E-state index in [9.17, 15) is 14.0 Å². The maximum absolute atomic E-state index is 14.0. The first kappa shape index (κ1) is 22.3. The van der Waals surface area contributed by atoms with Gasteiger partial charge in [0.25, 0.3) is 11.1 Å². The fourth-order valence-corrected chi connectivity index (χ4v) is 5.52. The molecule has 0 aliphatic carbocycles. The predicted molar refractivity (Wildman–Crippen MR) is 130 cm³/mol. The van der Waals surface area contributed by atoms with Gasteiger partial charge in [-0.05, 0) is 81.8 Å². The van der Waals surface area contributed by atoms with Crippen LogP contribution in [-0.4, -0.2) is 27.6 Å². The number of imide groups is 1. The average Bonchev–Trinajstić information content (AvgIpc) is 2.96. The number of amides is 2. The molecular formula is C26H27FN2O2S. The molecule has 2 aliphatic rings. The Bertz CT molecular complexity index is 1170. The zero-order valence-corrected chi connectivity index (χ0v) is 19.8. The van der Waals surface area contributed by atoms with E-state index in [0.29, 0.717) is 16.5 Å². The Labute approximate surface area is 192 Å². The molecule has 2 amide bonds. The van der Waals surface area contributed by atoms with E-state index in [4.69, 9.17) is 0 Å². The molecule has 1 saturated heterocycles. The molecule has 4 nitrogen and oxygen atoms in total. The van der Waals surface area contributed by atoms with Crippen LogP contribution >= 0.6 is 11.8 Å². The molecule has 1 fully saturated rings. The van der Waals surface area contributed by atoms with Gasteiger partial charge in [-0.15, -0.1) is 0 Å². The summed E-state index contributed by atoms with van der Waals surface area (Å²) in [5.41, 5.74) is 4.55. The number of nitrogens with zero attached hydrogens (tertiary/aromatic N) is 2. The van der Waals surface area contributed by atoms with Crippen molar-refractivity contribution in [3.8, 4) is 0 Å². The minimum absolute atomic E-state index is 0.0703. The number of thioether (sulfide) groups is 1. The van der Waals surface area contributed by atoms with Gasteiger partial charge in [0.15, 0.2) is 0 Å². The summed E-state index contributed by atoms with van der Waals surface area (Å²) >= 11 is 0.896. The van der Waals surface area contributed by atoms with Gasteiger partial charge in [-0.25, -0.2) is 4.39 Å². The lowest BCUT2D eigenvalue weighted by molar-refractivity contribution is -0.123. The normalized spacial score (nSPS) is 19.1. The van der Waals surface area contributed by atoms with Crippen LogP contribution < -0.4 is 4.90 Å². The number of benzene rings is 2. The van der Waals surface area contributed by atoms with Crippen molar-refractivity contribution >= 4 is 40.2 Å². The molecule has 4 rings (SSSR count). The summed E-state index contributed by atoms with van der Waals surface area (Å²) in [7, 11) is 0. The highest BCUT2D eigenvalue weighted by molar-refractivity contribution is 8.18. The van der Waals surface area contributed by atoms with Crippen LogP contribution in [-0.2, 0) is 11.3 Å². The molecule has 0 spiro atoms. The van der Waals surface area contributed by atoms with Gasteiger partial charge >= 0.3 is 0 Å². The molecule has 166 valence electrons. The molecular weight excluding hydrogens is 423 g/mol. The Balaban J connectivity index is 1.64. The summed E-state index contributed by atoms with van der Waals surface area (Å²) in [6.07, 6.45) is 4.01.